The maximum atomic E-state index is 11.2. The Morgan fingerprint density at radius 2 is 2.25 bits per heavy atom. The van der Waals surface area contributed by atoms with Crippen LogP contribution < -0.4 is 0 Å². The van der Waals surface area contributed by atoms with Crippen LogP contribution in [0, 0.1) is 11.8 Å². The van der Waals surface area contributed by atoms with Gasteiger partial charge in [0.05, 0.1) is 0 Å². The molecule has 2 atom stereocenters. The number of rotatable bonds is 2. The van der Waals surface area contributed by atoms with Crippen LogP contribution >= 0.6 is 0 Å². The summed E-state index contributed by atoms with van der Waals surface area (Å²) >= 11 is 0. The highest BCUT2D eigenvalue weighted by Gasteiger charge is 2.29. The molecule has 68 valence electrons. The van der Waals surface area contributed by atoms with Gasteiger partial charge in [0.2, 0.25) is 0 Å². The maximum absolute atomic E-state index is 11.2. The lowest BCUT2D eigenvalue weighted by Gasteiger charge is -2.10. The lowest BCUT2D eigenvalue weighted by Crippen LogP contribution is -2.09. The molecule has 0 aromatic rings. The van der Waals surface area contributed by atoms with Gasteiger partial charge >= 0.3 is 0 Å². The van der Waals surface area contributed by atoms with Gasteiger partial charge < -0.3 is 0 Å². The number of carbonyl (C=O) groups is 1. The van der Waals surface area contributed by atoms with Crippen LogP contribution in [0.15, 0.2) is 11.6 Å². The molecule has 0 aromatic carbocycles. The second kappa shape index (κ2) is 3.88. The normalized spacial score (nSPS) is 29.1. The molecule has 0 aromatic heterocycles. The van der Waals surface area contributed by atoms with Gasteiger partial charge in [-0.05, 0) is 32.6 Å². The Morgan fingerprint density at radius 3 is 2.67 bits per heavy atom. The highest BCUT2D eigenvalue weighted by Crippen LogP contribution is 2.31. The van der Waals surface area contributed by atoms with E-state index in [1.165, 1.54) is 5.57 Å². The van der Waals surface area contributed by atoms with Gasteiger partial charge in [0.1, 0.15) is 5.78 Å². The van der Waals surface area contributed by atoms with Gasteiger partial charge in [-0.2, -0.15) is 0 Å². The molecule has 12 heavy (non-hydrogen) atoms. The summed E-state index contributed by atoms with van der Waals surface area (Å²) in [4.78, 5) is 11.2. The molecule has 2 unspecified atom stereocenters. The van der Waals surface area contributed by atoms with Gasteiger partial charge in [-0.25, -0.2) is 0 Å². The van der Waals surface area contributed by atoms with E-state index in [0.717, 1.165) is 19.3 Å². The Balaban J connectivity index is 2.44. The third-order valence-corrected chi connectivity index (χ3v) is 2.81. The zero-order chi connectivity index (χ0) is 9.14. The van der Waals surface area contributed by atoms with Crippen molar-refractivity contribution in [2.45, 2.75) is 40.0 Å². The number of ketones is 1. The van der Waals surface area contributed by atoms with E-state index in [1.54, 1.807) is 0 Å². The Hall–Kier alpha value is -0.590. The molecule has 1 fully saturated rings. The Kier molecular flexibility index (Phi) is 3.07. The summed E-state index contributed by atoms with van der Waals surface area (Å²) in [6.45, 7) is 6.29. The average Bonchev–Trinajstić information content (AvgIpc) is 2.30. The zero-order valence-corrected chi connectivity index (χ0v) is 8.26. The lowest BCUT2D eigenvalue weighted by molar-refractivity contribution is -0.120. The van der Waals surface area contributed by atoms with Crippen molar-refractivity contribution in [3.63, 3.8) is 0 Å². The van der Waals surface area contributed by atoms with E-state index < -0.39 is 0 Å². The fourth-order valence-electron chi connectivity index (χ4n) is 1.78. The van der Waals surface area contributed by atoms with Crippen molar-refractivity contribution in [3.8, 4) is 0 Å². The van der Waals surface area contributed by atoms with E-state index in [4.69, 9.17) is 0 Å². The lowest BCUT2D eigenvalue weighted by atomic mass is 9.93. The van der Waals surface area contributed by atoms with Crippen LogP contribution in [0.4, 0.5) is 0 Å². The summed E-state index contributed by atoms with van der Waals surface area (Å²) in [5, 5.41) is 0. The quantitative estimate of drug-likeness (QED) is 0.576. The summed E-state index contributed by atoms with van der Waals surface area (Å²) in [6, 6.07) is 0. The van der Waals surface area contributed by atoms with Gasteiger partial charge in [0.25, 0.3) is 0 Å². The molecular formula is C11H18O. The van der Waals surface area contributed by atoms with Gasteiger partial charge in [-0.15, -0.1) is 0 Å². The van der Waals surface area contributed by atoms with Crippen LogP contribution in [0.5, 0.6) is 0 Å². The molecule has 0 aliphatic heterocycles. The van der Waals surface area contributed by atoms with Crippen molar-refractivity contribution in [3.05, 3.63) is 11.6 Å². The SMILES string of the molecule is CC(C)=CCC1CCC(=O)C1C. The molecular weight excluding hydrogens is 148 g/mol. The van der Waals surface area contributed by atoms with Crippen LogP contribution in [0.2, 0.25) is 0 Å². The van der Waals surface area contributed by atoms with E-state index in [0.29, 0.717) is 17.6 Å². The molecule has 1 heteroatoms. The molecule has 1 saturated carbocycles. The largest absolute Gasteiger partial charge is 0.299 e. The molecule has 1 aliphatic rings. The van der Waals surface area contributed by atoms with Gasteiger partial charge in [0.15, 0.2) is 0 Å². The van der Waals surface area contributed by atoms with Crippen molar-refractivity contribution in [2.75, 3.05) is 0 Å². The van der Waals surface area contributed by atoms with Crippen LogP contribution in [0.3, 0.4) is 0 Å². The number of hydrogen-bond donors (Lipinski definition) is 0. The van der Waals surface area contributed by atoms with E-state index in [1.807, 2.05) is 0 Å². The monoisotopic (exact) mass is 166 g/mol. The molecule has 0 amide bonds. The summed E-state index contributed by atoms with van der Waals surface area (Å²) in [5.41, 5.74) is 1.36. The predicted molar refractivity (Wildman–Crippen MR) is 50.9 cm³/mol. The summed E-state index contributed by atoms with van der Waals surface area (Å²) in [7, 11) is 0. The van der Waals surface area contributed by atoms with Crippen LogP contribution in [0.25, 0.3) is 0 Å². The van der Waals surface area contributed by atoms with Gasteiger partial charge in [-0.3, -0.25) is 4.79 Å². The van der Waals surface area contributed by atoms with Crippen LogP contribution in [-0.2, 0) is 4.79 Å². The van der Waals surface area contributed by atoms with E-state index in [2.05, 4.69) is 26.8 Å². The predicted octanol–water partition coefficient (Wildman–Crippen LogP) is 2.96. The first-order valence-corrected chi connectivity index (χ1v) is 4.77. The topological polar surface area (TPSA) is 17.1 Å². The van der Waals surface area contributed by atoms with Gasteiger partial charge in [0, 0.05) is 12.3 Å². The second-order valence-corrected chi connectivity index (χ2v) is 4.07. The van der Waals surface area contributed by atoms with Crippen LogP contribution in [0.1, 0.15) is 40.0 Å². The Morgan fingerprint density at radius 1 is 1.58 bits per heavy atom. The highest BCUT2D eigenvalue weighted by atomic mass is 16.1. The second-order valence-electron chi connectivity index (χ2n) is 4.07. The first kappa shape index (κ1) is 9.50. The van der Waals surface area contributed by atoms with Crippen molar-refractivity contribution in [1.82, 2.24) is 0 Å². The van der Waals surface area contributed by atoms with E-state index in [-0.39, 0.29) is 0 Å². The smallest absolute Gasteiger partial charge is 0.135 e. The van der Waals surface area contributed by atoms with Crippen molar-refractivity contribution >= 4 is 5.78 Å². The minimum absolute atomic E-state index is 0.306. The maximum Gasteiger partial charge on any atom is 0.135 e. The van der Waals surface area contributed by atoms with Crippen molar-refractivity contribution in [1.29, 1.82) is 0 Å². The van der Waals surface area contributed by atoms with Crippen LogP contribution in [-0.4, -0.2) is 5.78 Å². The summed E-state index contributed by atoms with van der Waals surface area (Å²) in [5.74, 6) is 1.38. The zero-order valence-electron chi connectivity index (χ0n) is 8.26. The fourth-order valence-corrected chi connectivity index (χ4v) is 1.78. The fraction of sp³-hybridized carbons (Fsp3) is 0.727. The minimum Gasteiger partial charge on any atom is -0.299 e. The van der Waals surface area contributed by atoms with Gasteiger partial charge in [-0.1, -0.05) is 18.6 Å². The number of Topliss-reactive ketones (excluding diaryl/α,β-unsaturated/α-hetero) is 1. The first-order chi connectivity index (χ1) is 5.61. The molecule has 0 saturated heterocycles. The molecule has 0 heterocycles. The van der Waals surface area contributed by atoms with Crippen molar-refractivity contribution < 1.29 is 4.79 Å². The standard InChI is InChI=1S/C11H18O/c1-8(2)4-5-10-6-7-11(12)9(10)3/h4,9-10H,5-7H2,1-3H3. The molecule has 0 bridgehead atoms. The highest BCUT2D eigenvalue weighted by molar-refractivity contribution is 5.82. The molecule has 1 nitrogen and oxygen atoms in total. The molecule has 1 rings (SSSR count). The number of allylic oxidation sites excluding steroid dienone is 2. The average molecular weight is 166 g/mol. The summed E-state index contributed by atoms with van der Waals surface area (Å²) < 4.78 is 0. The molecule has 1 aliphatic carbocycles. The Labute approximate surface area is 74.9 Å². The third kappa shape index (κ3) is 2.20. The summed E-state index contributed by atoms with van der Waals surface area (Å²) in [6.07, 6.45) is 5.25. The Bertz CT molecular complexity index is 199. The van der Waals surface area contributed by atoms with E-state index in [9.17, 15) is 4.79 Å². The number of carbonyl (C=O) groups excluding carboxylic acids is 1. The molecule has 0 spiro atoms. The third-order valence-electron chi connectivity index (χ3n) is 2.81. The number of hydrogen-bond acceptors (Lipinski definition) is 1. The molecule has 0 N–H and O–H groups in total. The van der Waals surface area contributed by atoms with Crippen molar-refractivity contribution in [2.24, 2.45) is 11.8 Å². The first-order valence-electron chi connectivity index (χ1n) is 4.77. The minimum atomic E-state index is 0.306. The van der Waals surface area contributed by atoms with E-state index >= 15 is 0 Å². The molecule has 0 radical (unpaired) electrons.